The van der Waals surface area contributed by atoms with Crippen LogP contribution in [0.4, 0.5) is 4.39 Å². The summed E-state index contributed by atoms with van der Waals surface area (Å²) in [7, 11) is -4.13. The Morgan fingerprint density at radius 1 is 1.47 bits per heavy atom. The SMILES string of the molecule is CC(C)[C@@](C)(C#N)NS(=O)(=O)c1ccc(Cl)cc1F. The average molecular weight is 305 g/mol. The smallest absolute Gasteiger partial charge is 0.207 e. The molecule has 0 aliphatic rings. The zero-order valence-electron chi connectivity index (χ0n) is 10.7. The third-order valence-corrected chi connectivity index (χ3v) is 4.75. The molecule has 0 spiro atoms. The van der Waals surface area contributed by atoms with Crippen molar-refractivity contribution >= 4 is 21.6 Å². The minimum absolute atomic E-state index is 0.100. The van der Waals surface area contributed by atoms with E-state index >= 15 is 0 Å². The number of rotatable bonds is 4. The minimum atomic E-state index is -4.13. The van der Waals surface area contributed by atoms with Crippen LogP contribution in [-0.2, 0) is 10.0 Å². The first-order chi connectivity index (χ1) is 8.62. The van der Waals surface area contributed by atoms with Gasteiger partial charge in [0.1, 0.15) is 16.3 Å². The molecule has 0 aliphatic heterocycles. The predicted molar refractivity (Wildman–Crippen MR) is 70.6 cm³/mol. The lowest BCUT2D eigenvalue weighted by Crippen LogP contribution is -2.48. The van der Waals surface area contributed by atoms with Crippen LogP contribution in [0.5, 0.6) is 0 Å². The second kappa shape index (κ2) is 5.45. The number of nitrogens with one attached hydrogen (secondary N) is 1. The highest BCUT2D eigenvalue weighted by Crippen LogP contribution is 2.23. The summed E-state index contributed by atoms with van der Waals surface area (Å²) in [6.45, 7) is 4.84. The summed E-state index contributed by atoms with van der Waals surface area (Å²) < 4.78 is 40.1. The van der Waals surface area contributed by atoms with Gasteiger partial charge in [0.05, 0.1) is 6.07 Å². The zero-order chi connectivity index (χ0) is 14.8. The molecule has 1 aromatic carbocycles. The number of halogens is 2. The largest absolute Gasteiger partial charge is 0.244 e. The van der Waals surface area contributed by atoms with Crippen LogP contribution in [0.25, 0.3) is 0 Å². The normalized spacial score (nSPS) is 15.0. The Labute approximate surface area is 117 Å². The van der Waals surface area contributed by atoms with E-state index < -0.39 is 26.3 Å². The lowest BCUT2D eigenvalue weighted by atomic mass is 9.92. The highest BCUT2D eigenvalue weighted by atomic mass is 35.5. The summed E-state index contributed by atoms with van der Waals surface area (Å²) in [4.78, 5) is -0.529. The Balaban J connectivity index is 3.23. The van der Waals surface area contributed by atoms with Gasteiger partial charge in [0.2, 0.25) is 10.0 Å². The third-order valence-electron chi connectivity index (χ3n) is 2.92. The topological polar surface area (TPSA) is 70.0 Å². The molecule has 1 N–H and O–H groups in total. The van der Waals surface area contributed by atoms with Gasteiger partial charge >= 0.3 is 0 Å². The molecule has 0 unspecified atom stereocenters. The van der Waals surface area contributed by atoms with E-state index in [1.807, 2.05) is 6.07 Å². The Hall–Kier alpha value is -1.16. The fourth-order valence-electron chi connectivity index (χ4n) is 1.30. The van der Waals surface area contributed by atoms with E-state index in [0.29, 0.717) is 0 Å². The van der Waals surface area contributed by atoms with Crippen molar-refractivity contribution < 1.29 is 12.8 Å². The maximum atomic E-state index is 13.6. The molecule has 7 heteroatoms. The number of hydrogen-bond acceptors (Lipinski definition) is 3. The molecule has 0 amide bonds. The Bertz CT molecular complexity index is 625. The van der Waals surface area contributed by atoms with Crippen molar-refractivity contribution in [1.29, 1.82) is 5.26 Å². The van der Waals surface area contributed by atoms with Crippen molar-refractivity contribution in [2.45, 2.75) is 31.2 Å². The first-order valence-corrected chi connectivity index (χ1v) is 7.39. The highest BCUT2D eigenvalue weighted by molar-refractivity contribution is 7.89. The fourth-order valence-corrected chi connectivity index (χ4v) is 2.97. The highest BCUT2D eigenvalue weighted by Gasteiger charge is 2.34. The van der Waals surface area contributed by atoms with E-state index in [1.54, 1.807) is 13.8 Å². The number of nitrogens with zero attached hydrogens (tertiary/aromatic N) is 1. The molecular weight excluding hydrogens is 291 g/mol. The fraction of sp³-hybridized carbons (Fsp3) is 0.417. The lowest BCUT2D eigenvalue weighted by molar-refractivity contribution is 0.388. The Kier molecular flexibility index (Phi) is 4.56. The molecule has 1 atom stereocenters. The first kappa shape index (κ1) is 15.9. The summed E-state index contributed by atoms with van der Waals surface area (Å²) in [6, 6.07) is 5.15. The van der Waals surface area contributed by atoms with Gasteiger partial charge in [-0.3, -0.25) is 0 Å². The van der Waals surface area contributed by atoms with Crippen LogP contribution in [0.1, 0.15) is 20.8 Å². The van der Waals surface area contributed by atoms with Gasteiger partial charge in [-0.25, -0.2) is 12.8 Å². The first-order valence-electron chi connectivity index (χ1n) is 5.52. The molecule has 1 aromatic rings. The average Bonchev–Trinajstić information content (AvgIpc) is 2.27. The minimum Gasteiger partial charge on any atom is -0.207 e. The van der Waals surface area contributed by atoms with Gasteiger partial charge in [-0.05, 0) is 31.0 Å². The molecule has 0 saturated carbocycles. The van der Waals surface area contributed by atoms with Crippen molar-refractivity contribution in [3.8, 4) is 6.07 Å². The van der Waals surface area contributed by atoms with Crippen molar-refractivity contribution in [2.75, 3.05) is 0 Å². The number of nitriles is 1. The maximum Gasteiger partial charge on any atom is 0.244 e. The van der Waals surface area contributed by atoms with Crippen molar-refractivity contribution in [1.82, 2.24) is 4.72 Å². The van der Waals surface area contributed by atoms with Gasteiger partial charge in [0.25, 0.3) is 0 Å². The third kappa shape index (κ3) is 3.44. The van der Waals surface area contributed by atoms with Gasteiger partial charge in [0, 0.05) is 5.02 Å². The van der Waals surface area contributed by atoms with Gasteiger partial charge in [-0.15, -0.1) is 0 Å². The molecule has 0 radical (unpaired) electrons. The molecule has 0 bridgehead atoms. The van der Waals surface area contributed by atoms with Gasteiger partial charge in [-0.1, -0.05) is 25.4 Å². The molecular formula is C12H14ClFN2O2S. The molecule has 0 heterocycles. The standard InChI is InChI=1S/C12H14ClFN2O2S/c1-8(2)12(3,7-15)16-19(17,18)11-5-4-9(13)6-10(11)14/h4-6,8,16H,1-3H3/t12-/m1/s1. The van der Waals surface area contributed by atoms with E-state index in [2.05, 4.69) is 4.72 Å². The maximum absolute atomic E-state index is 13.6. The molecule has 0 fully saturated rings. The quantitative estimate of drug-likeness (QED) is 0.929. The van der Waals surface area contributed by atoms with Gasteiger partial charge in [-0.2, -0.15) is 9.98 Å². The molecule has 0 aromatic heterocycles. The summed E-state index contributed by atoms with van der Waals surface area (Å²) >= 11 is 5.57. The molecule has 4 nitrogen and oxygen atoms in total. The summed E-state index contributed by atoms with van der Waals surface area (Å²) in [5.74, 6) is -1.23. The van der Waals surface area contributed by atoms with Crippen LogP contribution < -0.4 is 4.72 Å². The van der Waals surface area contributed by atoms with Crippen molar-refractivity contribution in [3.05, 3.63) is 29.0 Å². The van der Waals surface area contributed by atoms with Crippen molar-refractivity contribution in [3.63, 3.8) is 0 Å². The second-order valence-corrected chi connectivity index (χ2v) is 6.74. The van der Waals surface area contributed by atoms with E-state index in [1.165, 1.54) is 13.0 Å². The molecule has 0 aliphatic carbocycles. The molecule has 0 saturated heterocycles. The lowest BCUT2D eigenvalue weighted by Gasteiger charge is -2.27. The summed E-state index contributed by atoms with van der Waals surface area (Å²) in [5, 5.41) is 9.19. The Morgan fingerprint density at radius 3 is 2.47 bits per heavy atom. The Morgan fingerprint density at radius 2 is 2.05 bits per heavy atom. The number of benzene rings is 1. The van der Waals surface area contributed by atoms with Crippen LogP contribution in [0.2, 0.25) is 5.02 Å². The van der Waals surface area contributed by atoms with E-state index in [0.717, 1.165) is 12.1 Å². The van der Waals surface area contributed by atoms with Crippen LogP contribution >= 0.6 is 11.6 Å². The van der Waals surface area contributed by atoms with Gasteiger partial charge in [0.15, 0.2) is 0 Å². The van der Waals surface area contributed by atoms with Crippen molar-refractivity contribution in [2.24, 2.45) is 5.92 Å². The molecule has 1 rings (SSSR count). The summed E-state index contributed by atoms with van der Waals surface area (Å²) in [5.41, 5.74) is -1.31. The van der Waals surface area contributed by atoms with E-state index in [9.17, 15) is 12.8 Å². The predicted octanol–water partition coefficient (Wildman–Crippen LogP) is 2.70. The molecule has 104 valence electrons. The van der Waals surface area contributed by atoms with E-state index in [-0.39, 0.29) is 10.9 Å². The molecule has 19 heavy (non-hydrogen) atoms. The monoisotopic (exact) mass is 304 g/mol. The zero-order valence-corrected chi connectivity index (χ0v) is 12.3. The summed E-state index contributed by atoms with van der Waals surface area (Å²) in [6.07, 6.45) is 0. The van der Waals surface area contributed by atoms with E-state index in [4.69, 9.17) is 16.9 Å². The number of hydrogen-bond donors (Lipinski definition) is 1. The van der Waals surface area contributed by atoms with Gasteiger partial charge < -0.3 is 0 Å². The van der Waals surface area contributed by atoms with Crippen LogP contribution in [0.15, 0.2) is 23.1 Å². The van der Waals surface area contributed by atoms with Crippen LogP contribution in [0.3, 0.4) is 0 Å². The van der Waals surface area contributed by atoms with Crippen LogP contribution in [-0.4, -0.2) is 14.0 Å². The second-order valence-electron chi connectivity index (χ2n) is 4.65. The number of sulfonamides is 1. The van der Waals surface area contributed by atoms with Crippen LogP contribution in [0, 0.1) is 23.1 Å².